The molecule has 1 aliphatic rings. The number of alkyl halides is 3. The van der Waals surface area contributed by atoms with Gasteiger partial charge in [0.15, 0.2) is 17.6 Å². The van der Waals surface area contributed by atoms with Crippen LogP contribution in [0.5, 0.6) is 11.5 Å². The van der Waals surface area contributed by atoms with Gasteiger partial charge in [0.05, 0.1) is 10.6 Å². The molecule has 0 radical (unpaired) electrons. The second kappa shape index (κ2) is 6.81. The molecule has 9 nitrogen and oxygen atoms in total. The topological polar surface area (TPSA) is 133 Å². The summed E-state index contributed by atoms with van der Waals surface area (Å²) in [6.07, 6.45) is -0.625. The average molecular weight is 396 g/mol. The number of phenols is 2. The zero-order valence-electron chi connectivity index (χ0n) is 13.7. The van der Waals surface area contributed by atoms with Crippen molar-refractivity contribution in [1.82, 2.24) is 15.0 Å². The van der Waals surface area contributed by atoms with E-state index >= 15 is 0 Å². The van der Waals surface area contributed by atoms with E-state index in [0.29, 0.717) is 0 Å². The van der Waals surface area contributed by atoms with Gasteiger partial charge in [-0.1, -0.05) is 6.08 Å². The Morgan fingerprint density at radius 1 is 1.25 bits per heavy atom. The average Bonchev–Trinajstić information content (AvgIpc) is 2.62. The minimum atomic E-state index is -4.83. The van der Waals surface area contributed by atoms with Gasteiger partial charge in [0.2, 0.25) is 5.75 Å². The standard InChI is InChI=1S/C16H11F3N4O5/c17-16(18,19)14-9(2-1-5-22(14)26)15-20-4-3-10(21-15)8-6-11(23(27)28)13(25)12(24)7-8/h1-7,14,24-26H. The summed E-state index contributed by atoms with van der Waals surface area (Å²) in [4.78, 5) is 17.8. The fraction of sp³-hybridized carbons (Fsp3) is 0.125. The van der Waals surface area contributed by atoms with E-state index in [1.165, 1.54) is 12.1 Å². The molecule has 1 atom stereocenters. The number of hydrogen-bond acceptors (Lipinski definition) is 8. The molecule has 0 spiro atoms. The third kappa shape index (κ3) is 3.44. The summed E-state index contributed by atoms with van der Waals surface area (Å²) in [7, 11) is 0. The summed E-state index contributed by atoms with van der Waals surface area (Å²) < 4.78 is 40.0. The lowest BCUT2D eigenvalue weighted by Crippen LogP contribution is -2.43. The van der Waals surface area contributed by atoms with E-state index in [9.17, 15) is 38.7 Å². The van der Waals surface area contributed by atoms with Crippen LogP contribution in [0, 0.1) is 10.1 Å². The first kappa shape index (κ1) is 19.1. The van der Waals surface area contributed by atoms with Gasteiger partial charge in [-0.05, 0) is 18.2 Å². The van der Waals surface area contributed by atoms with Crippen molar-refractivity contribution in [2.75, 3.05) is 0 Å². The Hall–Kier alpha value is -3.67. The zero-order valence-corrected chi connectivity index (χ0v) is 13.7. The lowest BCUT2D eigenvalue weighted by Gasteiger charge is -2.30. The maximum absolute atomic E-state index is 13.3. The molecule has 146 valence electrons. The SMILES string of the molecule is O=[N+]([O-])c1cc(-c2ccnc(C3=CC=CN(O)C3C(F)(F)F)n2)cc(O)c1O. The lowest BCUT2D eigenvalue weighted by molar-refractivity contribution is -0.385. The summed E-state index contributed by atoms with van der Waals surface area (Å²) in [5, 5.41) is 39.8. The third-order valence-corrected chi connectivity index (χ3v) is 3.86. The Bertz CT molecular complexity index is 1010. The highest BCUT2D eigenvalue weighted by Gasteiger charge is 2.47. The number of halogens is 3. The van der Waals surface area contributed by atoms with E-state index in [4.69, 9.17) is 0 Å². The van der Waals surface area contributed by atoms with Crippen LogP contribution in [0.1, 0.15) is 5.82 Å². The van der Waals surface area contributed by atoms with Gasteiger partial charge in [0, 0.05) is 29.6 Å². The number of nitro groups is 1. The van der Waals surface area contributed by atoms with Gasteiger partial charge in [-0.15, -0.1) is 0 Å². The first-order chi connectivity index (χ1) is 13.1. The van der Waals surface area contributed by atoms with Gasteiger partial charge in [-0.3, -0.25) is 15.3 Å². The number of nitro benzene ring substituents is 1. The second-order valence-electron chi connectivity index (χ2n) is 5.67. The maximum atomic E-state index is 13.3. The molecule has 3 N–H and O–H groups in total. The first-order valence-corrected chi connectivity index (χ1v) is 7.56. The van der Waals surface area contributed by atoms with Gasteiger partial charge in [-0.25, -0.2) is 15.0 Å². The molecule has 3 rings (SSSR count). The van der Waals surface area contributed by atoms with Crippen LogP contribution in [0.4, 0.5) is 18.9 Å². The van der Waals surface area contributed by atoms with Crippen LogP contribution in [0.3, 0.4) is 0 Å². The third-order valence-electron chi connectivity index (χ3n) is 3.86. The van der Waals surface area contributed by atoms with Crippen molar-refractivity contribution in [2.45, 2.75) is 12.2 Å². The number of phenolic OH excluding ortho intramolecular Hbond substituents is 2. The molecule has 2 aromatic rings. The van der Waals surface area contributed by atoms with Crippen molar-refractivity contribution in [3.05, 3.63) is 58.7 Å². The van der Waals surface area contributed by atoms with E-state index < -0.39 is 39.9 Å². The maximum Gasteiger partial charge on any atom is 0.415 e. The summed E-state index contributed by atoms with van der Waals surface area (Å²) in [5.74, 6) is -2.12. The quantitative estimate of drug-likeness (QED) is 0.410. The number of aromatic nitrogens is 2. The van der Waals surface area contributed by atoms with Crippen molar-refractivity contribution in [2.24, 2.45) is 0 Å². The van der Waals surface area contributed by atoms with Crippen LogP contribution in [0.15, 0.2) is 42.7 Å². The van der Waals surface area contributed by atoms with Crippen LogP contribution >= 0.6 is 0 Å². The molecule has 0 amide bonds. The normalized spacial score (nSPS) is 16.8. The van der Waals surface area contributed by atoms with E-state index in [2.05, 4.69) is 9.97 Å². The Labute approximate surface area is 154 Å². The minimum absolute atomic E-state index is 0.0252. The Morgan fingerprint density at radius 3 is 2.61 bits per heavy atom. The number of nitrogens with zero attached hydrogens (tertiary/aromatic N) is 4. The molecule has 28 heavy (non-hydrogen) atoms. The van der Waals surface area contributed by atoms with Crippen LogP contribution in [-0.2, 0) is 0 Å². The minimum Gasteiger partial charge on any atom is -0.504 e. The summed E-state index contributed by atoms with van der Waals surface area (Å²) >= 11 is 0. The van der Waals surface area contributed by atoms with Gasteiger partial charge in [-0.2, -0.15) is 13.2 Å². The van der Waals surface area contributed by atoms with Crippen molar-refractivity contribution >= 4 is 11.3 Å². The van der Waals surface area contributed by atoms with E-state index in [-0.39, 0.29) is 22.1 Å². The number of hydrogen-bond donors (Lipinski definition) is 3. The van der Waals surface area contributed by atoms with Gasteiger partial charge in [0.1, 0.15) is 0 Å². The number of rotatable bonds is 3. The highest BCUT2D eigenvalue weighted by molar-refractivity contribution is 5.73. The van der Waals surface area contributed by atoms with Crippen LogP contribution in [-0.4, -0.2) is 47.6 Å². The number of allylic oxidation sites excluding steroid dienone is 2. The number of benzene rings is 1. The number of aromatic hydroxyl groups is 2. The molecule has 0 aliphatic carbocycles. The zero-order chi connectivity index (χ0) is 20.6. The molecular formula is C16H11F3N4O5. The highest BCUT2D eigenvalue weighted by Crippen LogP contribution is 2.40. The second-order valence-corrected chi connectivity index (χ2v) is 5.67. The molecule has 0 fully saturated rings. The van der Waals surface area contributed by atoms with E-state index in [1.54, 1.807) is 0 Å². The molecule has 0 bridgehead atoms. The van der Waals surface area contributed by atoms with Crippen molar-refractivity contribution in [1.29, 1.82) is 0 Å². The molecule has 12 heteroatoms. The predicted molar refractivity (Wildman–Crippen MR) is 88.0 cm³/mol. The molecular weight excluding hydrogens is 385 g/mol. The monoisotopic (exact) mass is 396 g/mol. The van der Waals surface area contributed by atoms with Crippen LogP contribution in [0.25, 0.3) is 16.8 Å². The molecule has 1 unspecified atom stereocenters. The molecule has 0 saturated heterocycles. The summed E-state index contributed by atoms with van der Waals surface area (Å²) in [5.41, 5.74) is -1.31. The molecule has 1 aliphatic heterocycles. The lowest BCUT2D eigenvalue weighted by atomic mass is 10.0. The van der Waals surface area contributed by atoms with Gasteiger partial charge >= 0.3 is 11.9 Å². The summed E-state index contributed by atoms with van der Waals surface area (Å²) in [6, 6.07) is 0.742. The largest absolute Gasteiger partial charge is 0.504 e. The van der Waals surface area contributed by atoms with Gasteiger partial charge in [0.25, 0.3) is 0 Å². The number of hydroxylamine groups is 2. The van der Waals surface area contributed by atoms with Crippen LogP contribution < -0.4 is 0 Å². The molecule has 0 saturated carbocycles. The Morgan fingerprint density at radius 2 is 1.96 bits per heavy atom. The Kier molecular flexibility index (Phi) is 4.65. The Balaban J connectivity index is 2.10. The van der Waals surface area contributed by atoms with Crippen molar-refractivity contribution in [3.63, 3.8) is 0 Å². The first-order valence-electron chi connectivity index (χ1n) is 7.56. The highest BCUT2D eigenvalue weighted by atomic mass is 19.4. The molecule has 1 aromatic carbocycles. The fourth-order valence-electron chi connectivity index (χ4n) is 2.63. The van der Waals surface area contributed by atoms with Crippen molar-refractivity contribution < 1.29 is 33.5 Å². The van der Waals surface area contributed by atoms with Crippen molar-refractivity contribution in [3.8, 4) is 22.8 Å². The van der Waals surface area contributed by atoms with E-state index in [0.717, 1.165) is 30.6 Å². The molecule has 2 heterocycles. The smallest absolute Gasteiger partial charge is 0.415 e. The fourth-order valence-corrected chi connectivity index (χ4v) is 2.63. The van der Waals surface area contributed by atoms with Gasteiger partial charge < -0.3 is 10.2 Å². The van der Waals surface area contributed by atoms with Crippen LogP contribution in [0.2, 0.25) is 0 Å². The molecule has 1 aromatic heterocycles. The predicted octanol–water partition coefficient (Wildman–Crippen LogP) is 3.00. The van der Waals surface area contributed by atoms with E-state index in [1.807, 2.05) is 0 Å². The summed E-state index contributed by atoms with van der Waals surface area (Å²) in [6.45, 7) is 0.